The number of carboxylic acids is 1. The van der Waals surface area contributed by atoms with E-state index in [1.54, 1.807) is 0 Å². The van der Waals surface area contributed by atoms with Crippen LogP contribution in [0.25, 0.3) is 0 Å². The van der Waals surface area contributed by atoms with Gasteiger partial charge >= 0.3 is 5.97 Å². The molecule has 5 nitrogen and oxygen atoms in total. The first-order valence-corrected chi connectivity index (χ1v) is 8.27. The molecule has 2 heterocycles. The molecule has 3 aliphatic rings. The molecule has 0 aromatic carbocycles. The minimum atomic E-state index is -0.954. The molecule has 0 bridgehead atoms. The lowest BCUT2D eigenvalue weighted by Gasteiger charge is -2.44. The minimum Gasteiger partial charge on any atom is -0.479 e. The fourth-order valence-electron chi connectivity index (χ4n) is 4.21. The van der Waals surface area contributed by atoms with Crippen LogP contribution in [0.3, 0.4) is 0 Å². The van der Waals surface area contributed by atoms with Crippen molar-refractivity contribution in [3.8, 4) is 0 Å². The van der Waals surface area contributed by atoms with Crippen LogP contribution in [0.1, 0.15) is 57.8 Å². The Hall–Kier alpha value is -1.10. The fraction of sp³-hybridized carbons (Fsp3) is 0.875. The molecule has 2 atom stereocenters. The molecule has 1 aliphatic carbocycles. The first-order valence-electron chi connectivity index (χ1n) is 8.27. The topological polar surface area (TPSA) is 66.8 Å². The van der Waals surface area contributed by atoms with Gasteiger partial charge in [0.15, 0.2) is 6.10 Å². The molecule has 0 radical (unpaired) electrons. The molecule has 2 aliphatic heterocycles. The van der Waals surface area contributed by atoms with Crippen molar-refractivity contribution in [1.29, 1.82) is 0 Å². The molecule has 1 saturated carbocycles. The average Bonchev–Trinajstić information content (AvgIpc) is 2.98. The summed E-state index contributed by atoms with van der Waals surface area (Å²) in [7, 11) is 0. The van der Waals surface area contributed by atoms with E-state index in [1.165, 1.54) is 32.1 Å². The van der Waals surface area contributed by atoms with Crippen molar-refractivity contribution in [2.24, 2.45) is 5.41 Å². The average molecular weight is 295 g/mol. The second kappa shape index (κ2) is 5.95. The lowest BCUT2D eigenvalue weighted by Crippen LogP contribution is -2.47. The van der Waals surface area contributed by atoms with E-state index in [1.807, 2.05) is 4.90 Å². The van der Waals surface area contributed by atoms with Crippen molar-refractivity contribution in [3.63, 3.8) is 0 Å². The number of carbonyl (C=O) groups excluding carboxylic acids is 1. The highest BCUT2D eigenvalue weighted by Crippen LogP contribution is 2.44. The Balaban J connectivity index is 1.52. The van der Waals surface area contributed by atoms with E-state index in [-0.39, 0.29) is 5.91 Å². The first kappa shape index (κ1) is 14.8. The van der Waals surface area contributed by atoms with Gasteiger partial charge in [-0.2, -0.15) is 0 Å². The highest BCUT2D eigenvalue weighted by molar-refractivity contribution is 5.82. The second-order valence-electron chi connectivity index (χ2n) is 6.91. The van der Waals surface area contributed by atoms with Crippen LogP contribution < -0.4 is 0 Å². The zero-order valence-electron chi connectivity index (χ0n) is 12.6. The summed E-state index contributed by atoms with van der Waals surface area (Å²) in [6.45, 7) is 1.63. The van der Waals surface area contributed by atoms with Crippen LogP contribution >= 0.6 is 0 Å². The summed E-state index contributed by atoms with van der Waals surface area (Å²) in [5.41, 5.74) is 0.481. The number of hydrogen-bond donors (Lipinski definition) is 1. The Bertz CT molecular complexity index is 407. The van der Waals surface area contributed by atoms with Crippen molar-refractivity contribution in [2.45, 2.75) is 70.0 Å². The molecule has 0 aromatic rings. The lowest BCUT2D eigenvalue weighted by molar-refractivity contribution is -0.155. The lowest BCUT2D eigenvalue weighted by atomic mass is 9.68. The summed E-state index contributed by atoms with van der Waals surface area (Å²) in [5, 5.41) is 8.94. The summed E-state index contributed by atoms with van der Waals surface area (Å²) in [6.07, 6.45) is 8.52. The van der Waals surface area contributed by atoms with E-state index in [4.69, 9.17) is 9.84 Å². The normalized spacial score (nSPS) is 32.3. The van der Waals surface area contributed by atoms with Crippen LogP contribution in [-0.4, -0.2) is 47.2 Å². The maximum absolute atomic E-state index is 12.4. The Kier molecular flexibility index (Phi) is 4.20. The highest BCUT2D eigenvalue weighted by atomic mass is 16.5. The number of carboxylic acid groups (broad SMARTS) is 1. The quantitative estimate of drug-likeness (QED) is 0.848. The van der Waals surface area contributed by atoms with E-state index in [2.05, 4.69) is 0 Å². The Morgan fingerprint density at radius 1 is 0.952 bits per heavy atom. The molecule has 2 saturated heterocycles. The Morgan fingerprint density at radius 3 is 2.14 bits per heavy atom. The summed E-state index contributed by atoms with van der Waals surface area (Å²) >= 11 is 0. The van der Waals surface area contributed by atoms with E-state index < -0.39 is 18.2 Å². The van der Waals surface area contributed by atoms with Crippen LogP contribution in [0.2, 0.25) is 0 Å². The van der Waals surface area contributed by atoms with E-state index >= 15 is 0 Å². The van der Waals surface area contributed by atoms with Crippen molar-refractivity contribution in [1.82, 2.24) is 4.90 Å². The monoisotopic (exact) mass is 295 g/mol. The summed E-state index contributed by atoms with van der Waals surface area (Å²) in [5.74, 6) is -0.950. The third kappa shape index (κ3) is 3.07. The van der Waals surface area contributed by atoms with Crippen LogP contribution in [0.4, 0.5) is 0 Å². The van der Waals surface area contributed by atoms with Gasteiger partial charge in [0.2, 0.25) is 0 Å². The number of likely N-dealkylation sites (tertiary alicyclic amines) is 1. The summed E-state index contributed by atoms with van der Waals surface area (Å²) in [6, 6.07) is 0. The molecule has 1 amide bonds. The molecule has 2 unspecified atom stereocenters. The van der Waals surface area contributed by atoms with Crippen molar-refractivity contribution in [3.05, 3.63) is 0 Å². The standard InChI is InChI=1S/C16H25NO4/c18-14(12-4-5-13(21-12)15(19)20)17-10-8-16(9-11-17)6-2-1-3-7-16/h12-13H,1-11H2,(H,19,20). The molecule has 3 rings (SSSR count). The Morgan fingerprint density at radius 2 is 1.57 bits per heavy atom. The van der Waals surface area contributed by atoms with Crippen LogP contribution in [-0.2, 0) is 14.3 Å². The number of amides is 1. The number of piperidine rings is 1. The SMILES string of the molecule is O=C(O)C1CCC(C(=O)N2CCC3(CCCCC3)CC2)O1. The molecule has 21 heavy (non-hydrogen) atoms. The molecule has 1 N–H and O–H groups in total. The van der Waals surface area contributed by atoms with E-state index in [0.717, 1.165) is 25.9 Å². The maximum Gasteiger partial charge on any atom is 0.332 e. The predicted molar refractivity (Wildman–Crippen MR) is 76.9 cm³/mol. The number of aliphatic carboxylic acids is 1. The van der Waals surface area contributed by atoms with Crippen LogP contribution in [0, 0.1) is 5.41 Å². The van der Waals surface area contributed by atoms with Gasteiger partial charge in [-0.3, -0.25) is 4.79 Å². The van der Waals surface area contributed by atoms with Gasteiger partial charge in [0.05, 0.1) is 0 Å². The van der Waals surface area contributed by atoms with Gasteiger partial charge in [0.25, 0.3) is 5.91 Å². The molecule has 5 heteroatoms. The number of carbonyl (C=O) groups is 2. The first-order chi connectivity index (χ1) is 10.1. The van der Waals surface area contributed by atoms with Gasteiger partial charge in [-0.15, -0.1) is 0 Å². The van der Waals surface area contributed by atoms with Crippen molar-refractivity contribution >= 4 is 11.9 Å². The molecule has 0 aromatic heterocycles. The third-order valence-electron chi connectivity index (χ3n) is 5.62. The van der Waals surface area contributed by atoms with Crippen LogP contribution in [0.15, 0.2) is 0 Å². The number of nitrogens with zero attached hydrogens (tertiary/aromatic N) is 1. The predicted octanol–water partition coefficient (Wildman–Crippen LogP) is 2.19. The fourth-order valence-corrected chi connectivity index (χ4v) is 4.21. The number of rotatable bonds is 2. The van der Waals surface area contributed by atoms with Gasteiger partial charge in [0.1, 0.15) is 6.10 Å². The maximum atomic E-state index is 12.4. The van der Waals surface area contributed by atoms with Gasteiger partial charge in [-0.25, -0.2) is 4.79 Å². The zero-order valence-corrected chi connectivity index (χ0v) is 12.6. The molecular weight excluding hydrogens is 270 g/mol. The molecule has 1 spiro atoms. The molecule has 3 fully saturated rings. The number of hydrogen-bond acceptors (Lipinski definition) is 3. The highest BCUT2D eigenvalue weighted by Gasteiger charge is 2.41. The van der Waals surface area contributed by atoms with Gasteiger partial charge in [-0.1, -0.05) is 19.3 Å². The zero-order chi connectivity index (χ0) is 14.9. The third-order valence-corrected chi connectivity index (χ3v) is 5.62. The summed E-state index contributed by atoms with van der Waals surface area (Å²) in [4.78, 5) is 25.2. The molecule has 118 valence electrons. The number of ether oxygens (including phenoxy) is 1. The summed E-state index contributed by atoms with van der Waals surface area (Å²) < 4.78 is 5.38. The van der Waals surface area contributed by atoms with Gasteiger partial charge in [0, 0.05) is 13.1 Å². The van der Waals surface area contributed by atoms with E-state index in [0.29, 0.717) is 18.3 Å². The van der Waals surface area contributed by atoms with Crippen molar-refractivity contribution < 1.29 is 19.4 Å². The van der Waals surface area contributed by atoms with Crippen molar-refractivity contribution in [2.75, 3.05) is 13.1 Å². The van der Waals surface area contributed by atoms with Crippen LogP contribution in [0.5, 0.6) is 0 Å². The molecular formula is C16H25NO4. The second-order valence-corrected chi connectivity index (χ2v) is 6.91. The Labute approximate surface area is 125 Å². The minimum absolute atomic E-state index is 0.00408. The largest absolute Gasteiger partial charge is 0.479 e. The van der Waals surface area contributed by atoms with Gasteiger partial charge < -0.3 is 14.7 Å². The van der Waals surface area contributed by atoms with E-state index in [9.17, 15) is 9.59 Å². The van der Waals surface area contributed by atoms with Gasteiger partial charge in [-0.05, 0) is 43.9 Å². The smallest absolute Gasteiger partial charge is 0.332 e.